The smallest absolute Gasteiger partial charge is 0.102 e. The van der Waals surface area contributed by atoms with Crippen LogP contribution in [0.25, 0.3) is 0 Å². The van der Waals surface area contributed by atoms with Gasteiger partial charge in [-0.25, -0.2) is 8.42 Å². The number of unbranched alkanes of at least 4 members (excludes halogenated alkanes) is 1. The van der Waals surface area contributed by atoms with Crippen LogP contribution in [0.2, 0.25) is 0 Å². The van der Waals surface area contributed by atoms with Crippen LogP contribution in [0.3, 0.4) is 0 Å². The highest BCUT2D eigenvalue weighted by molar-refractivity contribution is 7.85. The summed E-state index contributed by atoms with van der Waals surface area (Å²) in [6.07, 6.45) is 2.20. The quantitative estimate of drug-likeness (QED) is 0.273. The number of nitrogens with zero attached hydrogens (tertiary/aromatic N) is 1. The lowest BCUT2D eigenvalue weighted by atomic mass is 10.2. The molecule has 0 rings (SSSR count). The molecule has 1 atom stereocenters. The zero-order valence-electron chi connectivity index (χ0n) is 13.7. The van der Waals surface area contributed by atoms with Crippen molar-refractivity contribution in [3.63, 3.8) is 0 Å². The molecule has 0 bridgehead atoms. The van der Waals surface area contributed by atoms with E-state index in [-0.39, 0.29) is 5.75 Å². The van der Waals surface area contributed by atoms with Gasteiger partial charge in [-0.2, -0.15) is 0 Å². The predicted molar refractivity (Wildman–Crippen MR) is 82.2 cm³/mol. The van der Waals surface area contributed by atoms with E-state index >= 15 is 0 Å². The normalized spacial score (nSPS) is 15.0. The second-order valence-corrected chi connectivity index (χ2v) is 7.10. The van der Waals surface area contributed by atoms with Crippen LogP contribution in [0.15, 0.2) is 0 Å². The van der Waals surface area contributed by atoms with Crippen molar-refractivity contribution in [2.45, 2.75) is 33.1 Å². The molecule has 0 aromatic rings. The third-order valence-corrected chi connectivity index (χ3v) is 4.39. The van der Waals surface area contributed by atoms with Gasteiger partial charge in [-0.1, -0.05) is 6.92 Å². The fourth-order valence-electron chi connectivity index (χ4n) is 1.95. The molecule has 0 amide bonds. The van der Waals surface area contributed by atoms with Gasteiger partial charge in [-0.15, -0.1) is 0 Å². The lowest BCUT2D eigenvalue weighted by Gasteiger charge is -2.33. The fourth-order valence-corrected chi connectivity index (χ4v) is 2.51. The van der Waals surface area contributed by atoms with Gasteiger partial charge in [0.2, 0.25) is 0 Å². The Kier molecular flexibility index (Phi) is 11.3. The van der Waals surface area contributed by atoms with Crippen molar-refractivity contribution in [1.82, 2.24) is 0 Å². The fraction of sp³-hybridized carbons (Fsp3) is 1.00. The zero-order chi connectivity index (χ0) is 16.2. The second-order valence-electron chi connectivity index (χ2n) is 5.58. The van der Waals surface area contributed by atoms with Crippen molar-refractivity contribution in [2.24, 2.45) is 0 Å². The van der Waals surface area contributed by atoms with Crippen LogP contribution in [0.1, 0.15) is 33.1 Å². The summed E-state index contributed by atoms with van der Waals surface area (Å²) >= 11 is 0. The maximum absolute atomic E-state index is 10.6. The van der Waals surface area contributed by atoms with Crippen molar-refractivity contribution in [2.75, 3.05) is 58.9 Å². The molecular formula is C14H31NO5S. The van der Waals surface area contributed by atoms with Gasteiger partial charge in [-0.05, 0) is 26.2 Å². The van der Waals surface area contributed by atoms with Gasteiger partial charge in [0.25, 0.3) is 0 Å². The highest BCUT2D eigenvalue weighted by Crippen LogP contribution is 2.06. The number of hydrogen-bond acceptors (Lipinski definition) is 5. The minimum absolute atomic E-state index is 0.262. The van der Waals surface area contributed by atoms with E-state index in [1.165, 1.54) is 0 Å². The molecule has 1 unspecified atom stereocenters. The van der Waals surface area contributed by atoms with E-state index in [1.54, 1.807) is 0 Å². The molecule has 0 heterocycles. The molecule has 6 nitrogen and oxygen atoms in total. The first-order valence-corrected chi connectivity index (χ1v) is 9.33. The van der Waals surface area contributed by atoms with E-state index in [0.29, 0.717) is 26.2 Å². The molecule has 0 saturated carbocycles. The highest BCUT2D eigenvalue weighted by Gasteiger charge is 2.18. The molecule has 0 aromatic carbocycles. The molecular weight excluding hydrogens is 294 g/mol. The van der Waals surface area contributed by atoms with Gasteiger partial charge in [0.15, 0.2) is 0 Å². The first kappa shape index (κ1) is 20.8. The third-order valence-electron chi connectivity index (χ3n) is 3.60. The zero-order valence-corrected chi connectivity index (χ0v) is 14.5. The first-order valence-electron chi connectivity index (χ1n) is 7.75. The van der Waals surface area contributed by atoms with E-state index in [9.17, 15) is 13.0 Å². The van der Waals surface area contributed by atoms with Crippen molar-refractivity contribution < 1.29 is 26.9 Å². The summed E-state index contributed by atoms with van der Waals surface area (Å²) in [5, 5.41) is 0. The minimum Gasteiger partial charge on any atom is -0.748 e. The van der Waals surface area contributed by atoms with Gasteiger partial charge in [-0.3, -0.25) is 0 Å². The number of quaternary nitrogens is 1. The molecule has 0 aliphatic rings. The Hall–Kier alpha value is -0.210. The number of rotatable bonds is 14. The number of ether oxygens (including phenoxy) is 2. The van der Waals surface area contributed by atoms with Gasteiger partial charge < -0.3 is 18.5 Å². The summed E-state index contributed by atoms with van der Waals surface area (Å²) in [7, 11) is -1.95. The predicted octanol–water partition coefficient (Wildman–Crippen LogP) is 1.22. The van der Waals surface area contributed by atoms with E-state index in [2.05, 4.69) is 20.9 Å². The average Bonchev–Trinajstić information content (AvgIpc) is 2.42. The van der Waals surface area contributed by atoms with E-state index in [0.717, 1.165) is 43.6 Å². The van der Waals surface area contributed by atoms with Crippen LogP contribution in [-0.4, -0.2) is 76.3 Å². The summed E-state index contributed by atoms with van der Waals surface area (Å²) in [5.74, 6) is -0.262. The van der Waals surface area contributed by atoms with Crippen LogP contribution >= 0.6 is 0 Å². The van der Waals surface area contributed by atoms with Crippen LogP contribution in [-0.2, 0) is 19.6 Å². The molecule has 0 aliphatic carbocycles. The summed E-state index contributed by atoms with van der Waals surface area (Å²) in [6.45, 7) is 9.56. The summed E-state index contributed by atoms with van der Waals surface area (Å²) < 4.78 is 43.4. The average molecular weight is 325 g/mol. The van der Waals surface area contributed by atoms with Crippen molar-refractivity contribution in [1.29, 1.82) is 0 Å². The largest absolute Gasteiger partial charge is 0.748 e. The maximum Gasteiger partial charge on any atom is 0.102 e. The SMILES string of the molecule is CCCOCCOCC[N+](C)(CC)CCCCS(=O)(=O)[O-]. The molecule has 0 spiro atoms. The molecule has 0 saturated heterocycles. The molecule has 0 aliphatic heterocycles. The Bertz CT molecular complexity index is 347. The molecule has 128 valence electrons. The number of likely N-dealkylation sites (N-methyl/N-ethyl adjacent to an activating group) is 1. The van der Waals surface area contributed by atoms with Gasteiger partial charge in [0, 0.05) is 12.4 Å². The van der Waals surface area contributed by atoms with E-state index < -0.39 is 10.1 Å². The lowest BCUT2D eigenvalue weighted by molar-refractivity contribution is -0.908. The lowest BCUT2D eigenvalue weighted by Crippen LogP contribution is -2.47. The molecule has 0 aromatic heterocycles. The Labute approximate surface area is 129 Å². The van der Waals surface area contributed by atoms with Crippen molar-refractivity contribution in [3.05, 3.63) is 0 Å². The number of hydrogen-bond donors (Lipinski definition) is 0. The Balaban J connectivity index is 3.74. The minimum atomic E-state index is -4.08. The van der Waals surface area contributed by atoms with Gasteiger partial charge in [0.1, 0.15) is 6.54 Å². The van der Waals surface area contributed by atoms with Gasteiger partial charge >= 0.3 is 0 Å². The summed E-state index contributed by atoms with van der Waals surface area (Å²) in [4.78, 5) is 0. The van der Waals surface area contributed by atoms with Crippen LogP contribution in [0, 0.1) is 0 Å². The first-order chi connectivity index (χ1) is 9.83. The summed E-state index contributed by atoms with van der Waals surface area (Å²) in [6, 6.07) is 0. The summed E-state index contributed by atoms with van der Waals surface area (Å²) in [5.41, 5.74) is 0. The Morgan fingerprint density at radius 1 is 0.952 bits per heavy atom. The Morgan fingerprint density at radius 2 is 1.57 bits per heavy atom. The molecule has 0 radical (unpaired) electrons. The van der Waals surface area contributed by atoms with Crippen LogP contribution in [0.4, 0.5) is 0 Å². The molecule has 0 fully saturated rings. The molecule has 0 N–H and O–H groups in total. The van der Waals surface area contributed by atoms with Gasteiger partial charge in [0.05, 0.1) is 50.1 Å². The molecule has 21 heavy (non-hydrogen) atoms. The van der Waals surface area contributed by atoms with Crippen LogP contribution in [0.5, 0.6) is 0 Å². The van der Waals surface area contributed by atoms with Crippen LogP contribution < -0.4 is 0 Å². The van der Waals surface area contributed by atoms with E-state index in [4.69, 9.17) is 9.47 Å². The van der Waals surface area contributed by atoms with Crippen molar-refractivity contribution in [3.8, 4) is 0 Å². The second kappa shape index (κ2) is 11.4. The topological polar surface area (TPSA) is 75.7 Å². The van der Waals surface area contributed by atoms with E-state index in [1.807, 2.05) is 0 Å². The standard InChI is InChI=1S/C14H31NO5S/c1-4-10-19-12-13-20-11-9-15(3,5-2)8-6-7-14-21(16,17)18/h4-14H2,1-3H3. The Morgan fingerprint density at radius 3 is 2.10 bits per heavy atom. The maximum atomic E-state index is 10.6. The third kappa shape index (κ3) is 13.2. The molecule has 7 heteroatoms. The van der Waals surface area contributed by atoms with Crippen molar-refractivity contribution >= 4 is 10.1 Å². The highest BCUT2D eigenvalue weighted by atomic mass is 32.2. The monoisotopic (exact) mass is 325 g/mol.